The number of rotatable bonds is 4. The van der Waals surface area contributed by atoms with Crippen LogP contribution < -0.4 is 0 Å². The first-order valence-corrected chi connectivity index (χ1v) is 6.99. The molecule has 3 rings (SSSR count). The van der Waals surface area contributed by atoms with Crippen molar-refractivity contribution in [3.05, 3.63) is 17.8 Å². The minimum Gasteiger partial charge on any atom is -0.481 e. The van der Waals surface area contributed by atoms with Gasteiger partial charge in [0.15, 0.2) is 5.89 Å². The molecule has 6 nitrogen and oxygen atoms in total. The van der Waals surface area contributed by atoms with E-state index >= 15 is 0 Å². The van der Waals surface area contributed by atoms with Gasteiger partial charge in [-0.3, -0.25) is 9.69 Å². The van der Waals surface area contributed by atoms with Gasteiger partial charge in [-0.25, -0.2) is 4.98 Å². The number of aromatic nitrogens is 1. The summed E-state index contributed by atoms with van der Waals surface area (Å²) in [5, 5.41) is 9.49. The topological polar surface area (TPSA) is 75.8 Å². The molecule has 2 aliphatic heterocycles. The number of aliphatic carboxylic acids is 1. The van der Waals surface area contributed by atoms with Gasteiger partial charge in [-0.2, -0.15) is 0 Å². The van der Waals surface area contributed by atoms with Gasteiger partial charge in [-0.05, 0) is 0 Å². The van der Waals surface area contributed by atoms with E-state index in [4.69, 9.17) is 9.15 Å². The predicted octanol–water partition coefficient (Wildman–Crippen LogP) is 1.33. The van der Waals surface area contributed by atoms with Crippen LogP contribution in [-0.4, -0.2) is 47.3 Å². The van der Waals surface area contributed by atoms with Crippen LogP contribution in [0.2, 0.25) is 0 Å². The fourth-order valence-corrected chi connectivity index (χ4v) is 3.15. The maximum Gasteiger partial charge on any atom is 0.313 e. The van der Waals surface area contributed by atoms with Crippen LogP contribution >= 0.6 is 0 Å². The Balaban J connectivity index is 1.69. The lowest BCUT2D eigenvalue weighted by atomic mass is 9.81. The van der Waals surface area contributed by atoms with E-state index < -0.39 is 11.4 Å². The van der Waals surface area contributed by atoms with Crippen molar-refractivity contribution in [2.45, 2.75) is 26.3 Å². The third-order valence-corrected chi connectivity index (χ3v) is 4.32. The van der Waals surface area contributed by atoms with Gasteiger partial charge in [0, 0.05) is 31.5 Å². The molecule has 2 saturated heterocycles. The predicted molar refractivity (Wildman–Crippen MR) is 70.2 cm³/mol. The van der Waals surface area contributed by atoms with E-state index in [0.717, 1.165) is 18.1 Å². The summed E-state index contributed by atoms with van der Waals surface area (Å²) in [4.78, 5) is 18.1. The minimum atomic E-state index is -0.745. The van der Waals surface area contributed by atoms with Crippen molar-refractivity contribution in [2.75, 3.05) is 26.3 Å². The van der Waals surface area contributed by atoms with Crippen LogP contribution in [-0.2, 0) is 16.1 Å². The Morgan fingerprint density at radius 3 is 3.05 bits per heavy atom. The zero-order valence-electron chi connectivity index (χ0n) is 11.8. The Labute approximate surface area is 117 Å². The third kappa shape index (κ3) is 2.13. The van der Waals surface area contributed by atoms with E-state index in [1.807, 2.05) is 13.8 Å². The maximum atomic E-state index is 11.6. The molecule has 0 aliphatic carbocycles. The molecule has 3 heterocycles. The summed E-state index contributed by atoms with van der Waals surface area (Å²) in [6.07, 6.45) is 1.67. The van der Waals surface area contributed by atoms with Gasteiger partial charge in [0.1, 0.15) is 11.7 Å². The zero-order chi connectivity index (χ0) is 14.3. The third-order valence-electron chi connectivity index (χ3n) is 4.32. The number of carboxylic acid groups (broad SMARTS) is 1. The van der Waals surface area contributed by atoms with Crippen molar-refractivity contribution in [1.82, 2.24) is 9.88 Å². The number of carbonyl (C=O) groups is 1. The lowest BCUT2D eigenvalue weighted by Gasteiger charge is -2.21. The first-order valence-electron chi connectivity index (χ1n) is 6.99. The number of hydrogen-bond donors (Lipinski definition) is 1. The second-order valence-corrected chi connectivity index (χ2v) is 6.17. The lowest BCUT2D eigenvalue weighted by Crippen LogP contribution is -2.38. The average Bonchev–Trinajstić information content (AvgIpc) is 3.02. The first kappa shape index (κ1) is 13.6. The van der Waals surface area contributed by atoms with Crippen LogP contribution in [0.15, 0.2) is 10.7 Å². The molecule has 1 aromatic heterocycles. The van der Waals surface area contributed by atoms with Crippen LogP contribution in [0.5, 0.6) is 0 Å². The molecule has 0 radical (unpaired) electrons. The van der Waals surface area contributed by atoms with Crippen LogP contribution in [0.4, 0.5) is 0 Å². The van der Waals surface area contributed by atoms with E-state index in [1.54, 1.807) is 6.26 Å². The summed E-state index contributed by atoms with van der Waals surface area (Å²) in [6.45, 7) is 6.84. The van der Waals surface area contributed by atoms with Gasteiger partial charge in [-0.1, -0.05) is 13.8 Å². The molecule has 2 fully saturated rings. The van der Waals surface area contributed by atoms with Gasteiger partial charge in [0.05, 0.1) is 18.9 Å². The summed E-state index contributed by atoms with van der Waals surface area (Å²) in [5.41, 5.74) is 0.139. The average molecular weight is 280 g/mol. The van der Waals surface area contributed by atoms with Gasteiger partial charge in [0.25, 0.3) is 0 Å². The number of carboxylic acids is 1. The van der Waals surface area contributed by atoms with Gasteiger partial charge < -0.3 is 14.3 Å². The highest BCUT2D eigenvalue weighted by molar-refractivity contribution is 5.76. The van der Waals surface area contributed by atoms with Crippen molar-refractivity contribution in [2.24, 2.45) is 11.3 Å². The normalized spacial score (nSPS) is 30.1. The zero-order valence-corrected chi connectivity index (χ0v) is 11.8. The molecule has 1 N–H and O–H groups in total. The Hall–Kier alpha value is -1.40. The second-order valence-electron chi connectivity index (χ2n) is 6.17. The summed E-state index contributed by atoms with van der Waals surface area (Å²) < 4.78 is 10.8. The van der Waals surface area contributed by atoms with E-state index in [2.05, 4.69) is 9.88 Å². The molecule has 0 bridgehead atoms. The van der Waals surface area contributed by atoms with Crippen molar-refractivity contribution in [3.8, 4) is 0 Å². The Bertz CT molecular complexity index is 513. The molecule has 2 aliphatic rings. The van der Waals surface area contributed by atoms with E-state index in [-0.39, 0.29) is 11.8 Å². The first-order chi connectivity index (χ1) is 9.51. The molecule has 0 amide bonds. The van der Waals surface area contributed by atoms with Crippen molar-refractivity contribution < 1.29 is 19.1 Å². The molecule has 1 aromatic rings. The fraction of sp³-hybridized carbons (Fsp3) is 0.714. The minimum absolute atomic E-state index is 0.0801. The van der Waals surface area contributed by atoms with Crippen LogP contribution in [0.25, 0.3) is 0 Å². The van der Waals surface area contributed by atoms with Crippen molar-refractivity contribution in [3.63, 3.8) is 0 Å². The SMILES string of the molecule is CC(C)c1nc(CN2C[C@@H]3COC[C@]3(C(=O)O)C2)co1. The van der Waals surface area contributed by atoms with E-state index in [9.17, 15) is 9.90 Å². The molecule has 110 valence electrons. The van der Waals surface area contributed by atoms with Crippen LogP contribution in [0, 0.1) is 11.3 Å². The highest BCUT2D eigenvalue weighted by Gasteiger charge is 2.56. The molecule has 0 spiro atoms. The molecular weight excluding hydrogens is 260 g/mol. The Kier molecular flexibility index (Phi) is 3.30. The Morgan fingerprint density at radius 1 is 1.65 bits per heavy atom. The van der Waals surface area contributed by atoms with Gasteiger partial charge in [-0.15, -0.1) is 0 Å². The van der Waals surface area contributed by atoms with E-state index in [1.165, 1.54) is 0 Å². The lowest BCUT2D eigenvalue weighted by molar-refractivity contribution is -0.149. The van der Waals surface area contributed by atoms with Gasteiger partial charge >= 0.3 is 5.97 Å². The number of likely N-dealkylation sites (tertiary alicyclic amines) is 1. The summed E-state index contributed by atoms with van der Waals surface area (Å²) in [7, 11) is 0. The molecule has 2 atom stereocenters. The highest BCUT2D eigenvalue weighted by atomic mass is 16.5. The van der Waals surface area contributed by atoms with Crippen LogP contribution in [0.1, 0.15) is 31.4 Å². The highest BCUT2D eigenvalue weighted by Crippen LogP contribution is 2.41. The smallest absolute Gasteiger partial charge is 0.313 e. The summed E-state index contributed by atoms with van der Waals surface area (Å²) in [6, 6.07) is 0. The van der Waals surface area contributed by atoms with Crippen LogP contribution in [0.3, 0.4) is 0 Å². The van der Waals surface area contributed by atoms with Gasteiger partial charge in [0.2, 0.25) is 0 Å². The monoisotopic (exact) mass is 280 g/mol. The molecule has 0 unspecified atom stereocenters. The second kappa shape index (κ2) is 4.86. The number of ether oxygens (including phenoxy) is 1. The van der Waals surface area contributed by atoms with Crippen molar-refractivity contribution >= 4 is 5.97 Å². The largest absolute Gasteiger partial charge is 0.481 e. The fourth-order valence-electron chi connectivity index (χ4n) is 3.15. The van der Waals surface area contributed by atoms with E-state index in [0.29, 0.717) is 26.3 Å². The molecule has 0 aromatic carbocycles. The quantitative estimate of drug-likeness (QED) is 0.896. The number of fused-ring (bicyclic) bond motifs is 1. The number of oxazole rings is 1. The molecule has 6 heteroatoms. The number of hydrogen-bond acceptors (Lipinski definition) is 5. The maximum absolute atomic E-state index is 11.6. The standard InChI is InChI=1S/C14H20N2O4/c1-9(2)12-15-11(6-20-12)4-16-3-10-5-19-8-14(10,7-16)13(17)18/h6,9-10H,3-5,7-8H2,1-2H3,(H,17,18)/t10-,14-/m1/s1. The molecular formula is C14H20N2O4. The van der Waals surface area contributed by atoms with Crippen molar-refractivity contribution in [1.29, 1.82) is 0 Å². The molecule has 0 saturated carbocycles. The molecule has 20 heavy (non-hydrogen) atoms. The summed E-state index contributed by atoms with van der Waals surface area (Å²) in [5.74, 6) is 0.332. The summed E-state index contributed by atoms with van der Waals surface area (Å²) >= 11 is 0. The Morgan fingerprint density at radius 2 is 2.45 bits per heavy atom. The number of nitrogens with zero attached hydrogens (tertiary/aromatic N) is 2.